The number of rotatable bonds is 3. The van der Waals surface area contributed by atoms with Crippen molar-refractivity contribution < 1.29 is 13.9 Å². The van der Waals surface area contributed by atoms with Crippen LogP contribution in [-0.4, -0.2) is 60.6 Å². The minimum Gasteiger partial charge on any atom is -0.375 e. The minimum absolute atomic E-state index is 0.177. The van der Waals surface area contributed by atoms with E-state index in [0.717, 1.165) is 32.0 Å². The van der Waals surface area contributed by atoms with E-state index in [1.54, 1.807) is 23.1 Å². The van der Waals surface area contributed by atoms with Gasteiger partial charge in [-0.15, -0.1) is 0 Å². The maximum atomic E-state index is 13.9. The lowest BCUT2D eigenvalue weighted by molar-refractivity contribution is -0.0989. The first-order valence-corrected chi connectivity index (χ1v) is 8.62. The summed E-state index contributed by atoms with van der Waals surface area (Å²) in [6.45, 7) is 4.14. The Kier molecular flexibility index (Phi) is 4.07. The molecular weight excluding hydrogens is 295 g/mol. The van der Waals surface area contributed by atoms with Crippen molar-refractivity contribution in [3.05, 3.63) is 35.6 Å². The second kappa shape index (κ2) is 6.21. The van der Waals surface area contributed by atoms with Gasteiger partial charge in [-0.05, 0) is 37.3 Å². The summed E-state index contributed by atoms with van der Waals surface area (Å²) in [4.78, 5) is 17.0. The number of likely N-dealkylation sites (tertiary alicyclic amines) is 1. The fourth-order valence-corrected chi connectivity index (χ4v) is 3.79. The van der Waals surface area contributed by atoms with Crippen molar-refractivity contribution in [2.75, 3.05) is 32.8 Å². The van der Waals surface area contributed by atoms with Crippen LogP contribution in [-0.2, 0) is 4.74 Å². The molecule has 0 bridgehead atoms. The van der Waals surface area contributed by atoms with Gasteiger partial charge in [0.25, 0.3) is 5.91 Å². The zero-order valence-electron chi connectivity index (χ0n) is 13.3. The third-order valence-corrected chi connectivity index (χ3v) is 5.28. The van der Waals surface area contributed by atoms with E-state index in [2.05, 4.69) is 4.90 Å². The van der Waals surface area contributed by atoms with Gasteiger partial charge < -0.3 is 9.64 Å². The number of benzene rings is 1. The zero-order chi connectivity index (χ0) is 15.8. The topological polar surface area (TPSA) is 32.8 Å². The van der Waals surface area contributed by atoms with E-state index in [0.29, 0.717) is 13.1 Å². The molecule has 2 aliphatic heterocycles. The number of morpholine rings is 1. The average Bonchev–Trinajstić information content (AvgIpc) is 3.39. The highest BCUT2D eigenvalue weighted by atomic mass is 19.1. The summed E-state index contributed by atoms with van der Waals surface area (Å²) in [5, 5.41) is 0. The molecule has 5 heteroatoms. The molecule has 0 aromatic heterocycles. The molecule has 3 fully saturated rings. The van der Waals surface area contributed by atoms with E-state index in [-0.39, 0.29) is 23.6 Å². The summed E-state index contributed by atoms with van der Waals surface area (Å²) in [6, 6.07) is 6.51. The van der Waals surface area contributed by atoms with Crippen LogP contribution >= 0.6 is 0 Å². The number of piperidine rings is 1. The lowest BCUT2D eigenvalue weighted by Gasteiger charge is -2.47. The number of fused-ring (bicyclic) bond motifs is 1. The van der Waals surface area contributed by atoms with Gasteiger partial charge in [0, 0.05) is 26.2 Å². The lowest BCUT2D eigenvalue weighted by Crippen LogP contribution is -2.61. The third-order valence-electron chi connectivity index (χ3n) is 5.28. The first-order valence-electron chi connectivity index (χ1n) is 8.62. The van der Waals surface area contributed by atoms with Gasteiger partial charge in [-0.3, -0.25) is 9.69 Å². The van der Waals surface area contributed by atoms with Crippen molar-refractivity contribution in [1.29, 1.82) is 0 Å². The third kappa shape index (κ3) is 3.12. The van der Waals surface area contributed by atoms with E-state index >= 15 is 0 Å². The summed E-state index contributed by atoms with van der Waals surface area (Å²) < 4.78 is 19.8. The number of hydrogen-bond donors (Lipinski definition) is 0. The standard InChI is InChI=1S/C18H23FN2O2/c19-15-4-2-1-3-14(15)18(22)21-8-7-17-16(12-21)20(9-10-23-17)11-13-5-6-13/h1-4,13,16-17H,5-12H2/t16-,17-/m1/s1. The number of nitrogens with zero attached hydrogens (tertiary/aromatic N) is 2. The molecule has 1 amide bonds. The molecule has 4 nitrogen and oxygen atoms in total. The van der Waals surface area contributed by atoms with E-state index < -0.39 is 5.82 Å². The van der Waals surface area contributed by atoms with Gasteiger partial charge in [0.05, 0.1) is 24.3 Å². The van der Waals surface area contributed by atoms with E-state index in [1.165, 1.54) is 18.9 Å². The van der Waals surface area contributed by atoms with Gasteiger partial charge in [-0.2, -0.15) is 0 Å². The number of carbonyl (C=O) groups excluding carboxylic acids is 1. The molecule has 1 aliphatic carbocycles. The van der Waals surface area contributed by atoms with Gasteiger partial charge in [0.1, 0.15) is 5.82 Å². The quantitative estimate of drug-likeness (QED) is 0.856. The van der Waals surface area contributed by atoms with Crippen LogP contribution in [0.5, 0.6) is 0 Å². The molecule has 23 heavy (non-hydrogen) atoms. The zero-order valence-corrected chi connectivity index (χ0v) is 13.3. The minimum atomic E-state index is -0.436. The maximum absolute atomic E-state index is 13.9. The molecule has 1 aromatic rings. The number of ether oxygens (including phenoxy) is 1. The average molecular weight is 318 g/mol. The van der Waals surface area contributed by atoms with Crippen LogP contribution in [0.4, 0.5) is 4.39 Å². The second-order valence-corrected chi connectivity index (χ2v) is 6.93. The molecule has 2 saturated heterocycles. The number of carbonyl (C=O) groups is 1. The van der Waals surface area contributed by atoms with Crippen molar-refractivity contribution in [2.24, 2.45) is 5.92 Å². The highest BCUT2D eigenvalue weighted by Gasteiger charge is 2.40. The van der Waals surface area contributed by atoms with Crippen LogP contribution in [0.15, 0.2) is 24.3 Å². The van der Waals surface area contributed by atoms with Crippen LogP contribution in [0.3, 0.4) is 0 Å². The monoisotopic (exact) mass is 318 g/mol. The Balaban J connectivity index is 1.48. The molecule has 0 radical (unpaired) electrons. The van der Waals surface area contributed by atoms with Gasteiger partial charge in [-0.1, -0.05) is 12.1 Å². The molecule has 3 aliphatic rings. The van der Waals surface area contributed by atoms with Gasteiger partial charge in [0.15, 0.2) is 0 Å². The van der Waals surface area contributed by atoms with Crippen molar-refractivity contribution in [1.82, 2.24) is 9.80 Å². The summed E-state index contributed by atoms with van der Waals surface area (Å²) in [6.07, 6.45) is 3.71. The fourth-order valence-electron chi connectivity index (χ4n) is 3.79. The first-order chi connectivity index (χ1) is 11.2. The highest BCUT2D eigenvalue weighted by molar-refractivity contribution is 5.94. The van der Waals surface area contributed by atoms with Crippen molar-refractivity contribution in [3.8, 4) is 0 Å². The highest BCUT2D eigenvalue weighted by Crippen LogP contribution is 2.33. The second-order valence-electron chi connectivity index (χ2n) is 6.93. The Hall–Kier alpha value is -1.46. The van der Waals surface area contributed by atoms with Crippen LogP contribution in [0.2, 0.25) is 0 Å². The van der Waals surface area contributed by atoms with Gasteiger partial charge in [0.2, 0.25) is 0 Å². The summed E-state index contributed by atoms with van der Waals surface area (Å²) in [5.41, 5.74) is 0.177. The van der Waals surface area contributed by atoms with Gasteiger partial charge >= 0.3 is 0 Å². The largest absolute Gasteiger partial charge is 0.375 e. The normalized spacial score (nSPS) is 28.5. The summed E-state index contributed by atoms with van der Waals surface area (Å²) >= 11 is 0. The summed E-state index contributed by atoms with van der Waals surface area (Å²) in [7, 11) is 0. The van der Waals surface area contributed by atoms with Crippen LogP contribution in [0.1, 0.15) is 29.6 Å². The molecule has 2 heterocycles. The smallest absolute Gasteiger partial charge is 0.256 e. The van der Waals surface area contributed by atoms with E-state index in [9.17, 15) is 9.18 Å². The predicted molar refractivity (Wildman–Crippen MR) is 84.7 cm³/mol. The number of amides is 1. The molecule has 0 spiro atoms. The Morgan fingerprint density at radius 2 is 2.04 bits per heavy atom. The van der Waals surface area contributed by atoms with Crippen molar-refractivity contribution >= 4 is 5.91 Å². The fraction of sp³-hybridized carbons (Fsp3) is 0.611. The van der Waals surface area contributed by atoms with Crippen molar-refractivity contribution in [3.63, 3.8) is 0 Å². The first kappa shape index (κ1) is 15.1. The van der Waals surface area contributed by atoms with Gasteiger partial charge in [-0.25, -0.2) is 4.39 Å². The van der Waals surface area contributed by atoms with E-state index in [1.807, 2.05) is 0 Å². The predicted octanol–water partition coefficient (Wildman–Crippen LogP) is 2.15. The molecule has 2 atom stereocenters. The van der Waals surface area contributed by atoms with Crippen molar-refractivity contribution in [2.45, 2.75) is 31.4 Å². The molecule has 0 N–H and O–H groups in total. The molecule has 1 saturated carbocycles. The Morgan fingerprint density at radius 1 is 1.22 bits per heavy atom. The maximum Gasteiger partial charge on any atom is 0.256 e. The Morgan fingerprint density at radius 3 is 2.83 bits per heavy atom. The SMILES string of the molecule is O=C(c1ccccc1F)N1CC[C@H]2OCCN(CC3CC3)[C@@H]2C1. The van der Waals surface area contributed by atoms with E-state index in [4.69, 9.17) is 4.74 Å². The molecule has 124 valence electrons. The number of halogens is 1. The Bertz CT molecular complexity index is 590. The van der Waals surface area contributed by atoms with Crippen LogP contribution in [0.25, 0.3) is 0 Å². The lowest BCUT2D eigenvalue weighted by atomic mass is 9.97. The molecule has 0 unspecified atom stereocenters. The molecular formula is C18H23FN2O2. The van der Waals surface area contributed by atoms with Crippen LogP contribution < -0.4 is 0 Å². The van der Waals surface area contributed by atoms with Crippen LogP contribution in [0, 0.1) is 11.7 Å². The Labute approximate surface area is 136 Å². The molecule has 4 rings (SSSR count). The molecule has 1 aromatic carbocycles. The number of hydrogen-bond acceptors (Lipinski definition) is 3. The summed E-state index contributed by atoms with van der Waals surface area (Å²) in [5.74, 6) is 0.194.